The number of ether oxygens (including phenoxy) is 4. The fraction of sp³-hybridized carbons (Fsp3) is 0.480. The van der Waals surface area contributed by atoms with Gasteiger partial charge in [-0.1, -0.05) is 31.5 Å². The van der Waals surface area contributed by atoms with Crippen molar-refractivity contribution in [3.63, 3.8) is 0 Å². The number of carbonyl (C=O) groups is 1. The second-order valence-electron chi connectivity index (χ2n) is 8.26. The molecular formula is C25H31NO6. The Balaban J connectivity index is 1.62. The molecule has 7 heteroatoms. The Bertz CT molecular complexity index is 915. The zero-order chi connectivity index (χ0) is 22.5. The van der Waals surface area contributed by atoms with Gasteiger partial charge in [-0.2, -0.15) is 0 Å². The molecule has 2 aliphatic heterocycles. The van der Waals surface area contributed by atoms with Crippen molar-refractivity contribution in [2.45, 2.75) is 31.7 Å². The molecule has 1 N–H and O–H groups in total. The molecule has 0 radical (unpaired) electrons. The largest absolute Gasteiger partial charge is 0.497 e. The summed E-state index contributed by atoms with van der Waals surface area (Å²) in [6.45, 7) is 4.94. The van der Waals surface area contributed by atoms with E-state index >= 15 is 0 Å². The molecule has 7 nitrogen and oxygen atoms in total. The minimum atomic E-state index is -0.803. The van der Waals surface area contributed by atoms with Gasteiger partial charge in [0.1, 0.15) is 5.75 Å². The van der Waals surface area contributed by atoms with Gasteiger partial charge in [-0.15, -0.1) is 0 Å². The molecule has 0 spiro atoms. The molecule has 2 heterocycles. The summed E-state index contributed by atoms with van der Waals surface area (Å²) in [6, 6.07) is 13.2. The summed E-state index contributed by atoms with van der Waals surface area (Å²) < 4.78 is 22.1. The monoisotopic (exact) mass is 441 g/mol. The summed E-state index contributed by atoms with van der Waals surface area (Å²) in [5, 5.41) is 10.3. The second-order valence-corrected chi connectivity index (χ2v) is 8.26. The Labute approximate surface area is 188 Å². The van der Waals surface area contributed by atoms with Crippen molar-refractivity contribution in [1.29, 1.82) is 0 Å². The number of hydrogen-bond acceptors (Lipinski definition) is 6. The molecule has 1 unspecified atom stereocenters. The topological polar surface area (TPSA) is 77.5 Å². The van der Waals surface area contributed by atoms with Gasteiger partial charge in [-0.3, -0.25) is 9.69 Å². The average Bonchev–Trinajstić information content (AvgIpc) is 3.43. The van der Waals surface area contributed by atoms with E-state index in [2.05, 4.69) is 11.8 Å². The van der Waals surface area contributed by atoms with Crippen LogP contribution in [0, 0.1) is 5.92 Å². The van der Waals surface area contributed by atoms with E-state index < -0.39 is 11.9 Å². The molecule has 0 amide bonds. The average molecular weight is 442 g/mol. The molecule has 2 aromatic rings. The molecule has 1 fully saturated rings. The maximum atomic E-state index is 12.5. The van der Waals surface area contributed by atoms with E-state index in [0.29, 0.717) is 31.2 Å². The Hall–Kier alpha value is -2.77. The minimum Gasteiger partial charge on any atom is -0.497 e. The molecule has 2 aliphatic rings. The summed E-state index contributed by atoms with van der Waals surface area (Å²) in [4.78, 5) is 14.8. The standard InChI is InChI=1S/C25H31NO6/c1-3-4-12-30-13-11-26-15-20(18-7-10-21-22(14-18)32-16-31-21)23(25(27)28)24(26)17-5-8-19(29-2)9-6-17/h5-10,14,20,23-24H,3-4,11-13,15-16H2,1-2H3,(H,27,28)/t20?,23-,24+/m0/s1. The normalized spacial score (nSPS) is 22.2. The van der Waals surface area contributed by atoms with E-state index in [1.54, 1.807) is 7.11 Å². The van der Waals surface area contributed by atoms with Crippen molar-refractivity contribution < 1.29 is 28.8 Å². The molecule has 1 saturated heterocycles. The number of methoxy groups -OCH3 is 1. The summed E-state index contributed by atoms with van der Waals surface area (Å²) in [5.74, 6) is 0.549. The first-order valence-corrected chi connectivity index (χ1v) is 11.2. The van der Waals surface area contributed by atoms with Gasteiger partial charge >= 0.3 is 5.97 Å². The lowest BCUT2D eigenvalue weighted by molar-refractivity contribution is -0.143. The molecule has 0 saturated carbocycles. The first kappa shape index (κ1) is 22.4. The first-order chi connectivity index (χ1) is 15.6. The lowest BCUT2D eigenvalue weighted by Gasteiger charge is -2.27. The minimum absolute atomic E-state index is 0.176. The van der Waals surface area contributed by atoms with Gasteiger partial charge in [0.25, 0.3) is 0 Å². The predicted molar refractivity (Wildman–Crippen MR) is 119 cm³/mol. The van der Waals surface area contributed by atoms with Gasteiger partial charge in [-0.25, -0.2) is 0 Å². The Morgan fingerprint density at radius 3 is 2.56 bits per heavy atom. The summed E-state index contributed by atoms with van der Waals surface area (Å²) in [6.07, 6.45) is 2.12. The number of fused-ring (bicyclic) bond motifs is 1. The van der Waals surface area contributed by atoms with Gasteiger partial charge in [-0.05, 0) is 41.8 Å². The molecule has 3 atom stereocenters. The highest BCUT2D eigenvalue weighted by Crippen LogP contribution is 2.47. The molecule has 2 aromatic carbocycles. The number of carboxylic acid groups (broad SMARTS) is 1. The number of hydrogen-bond donors (Lipinski definition) is 1. The highest BCUT2D eigenvalue weighted by molar-refractivity contribution is 5.74. The molecule has 0 aromatic heterocycles. The van der Waals surface area contributed by atoms with Crippen LogP contribution in [0.5, 0.6) is 17.2 Å². The summed E-state index contributed by atoms with van der Waals surface area (Å²) >= 11 is 0. The predicted octanol–water partition coefficient (Wildman–Crippen LogP) is 4.08. The number of aliphatic carboxylic acids is 1. The van der Waals surface area contributed by atoms with Crippen LogP contribution < -0.4 is 14.2 Å². The van der Waals surface area contributed by atoms with Crippen LogP contribution in [0.25, 0.3) is 0 Å². The number of unbranched alkanes of at least 4 members (excludes halogenated alkanes) is 1. The van der Waals surface area contributed by atoms with Crippen molar-refractivity contribution in [3.05, 3.63) is 53.6 Å². The second kappa shape index (κ2) is 10.2. The molecular weight excluding hydrogens is 410 g/mol. The van der Waals surface area contributed by atoms with E-state index in [1.165, 1.54) is 0 Å². The maximum absolute atomic E-state index is 12.5. The Morgan fingerprint density at radius 1 is 1.09 bits per heavy atom. The van der Waals surface area contributed by atoms with Crippen LogP contribution >= 0.6 is 0 Å². The highest BCUT2D eigenvalue weighted by atomic mass is 16.7. The Morgan fingerprint density at radius 2 is 1.84 bits per heavy atom. The van der Waals surface area contributed by atoms with Gasteiger partial charge in [0.2, 0.25) is 6.79 Å². The third kappa shape index (κ3) is 4.69. The van der Waals surface area contributed by atoms with Crippen LogP contribution in [0.15, 0.2) is 42.5 Å². The summed E-state index contributed by atoms with van der Waals surface area (Å²) in [5.41, 5.74) is 1.92. The van der Waals surface area contributed by atoms with Crippen LogP contribution in [0.4, 0.5) is 0 Å². The molecule has 4 rings (SSSR count). The fourth-order valence-electron chi connectivity index (χ4n) is 4.67. The van der Waals surface area contributed by atoms with Crippen LogP contribution in [0.3, 0.4) is 0 Å². The zero-order valence-corrected chi connectivity index (χ0v) is 18.7. The quantitative estimate of drug-likeness (QED) is 0.557. The van der Waals surface area contributed by atoms with Gasteiger partial charge < -0.3 is 24.1 Å². The lowest BCUT2D eigenvalue weighted by Crippen LogP contribution is -2.31. The van der Waals surface area contributed by atoms with E-state index in [-0.39, 0.29) is 18.8 Å². The number of rotatable bonds is 10. The van der Waals surface area contributed by atoms with E-state index in [9.17, 15) is 9.90 Å². The van der Waals surface area contributed by atoms with E-state index in [4.69, 9.17) is 18.9 Å². The molecule has 0 bridgehead atoms. The number of benzene rings is 2. The first-order valence-electron chi connectivity index (χ1n) is 11.2. The van der Waals surface area contributed by atoms with Crippen molar-refractivity contribution in [3.8, 4) is 17.2 Å². The van der Waals surface area contributed by atoms with E-state index in [0.717, 1.165) is 36.3 Å². The number of carboxylic acids is 1. The maximum Gasteiger partial charge on any atom is 0.309 e. The number of nitrogens with zero attached hydrogens (tertiary/aromatic N) is 1. The third-order valence-corrected chi connectivity index (χ3v) is 6.33. The van der Waals surface area contributed by atoms with Gasteiger partial charge in [0.15, 0.2) is 11.5 Å². The van der Waals surface area contributed by atoms with Crippen LogP contribution in [-0.2, 0) is 9.53 Å². The molecule has 0 aliphatic carbocycles. The fourth-order valence-corrected chi connectivity index (χ4v) is 4.67. The molecule has 32 heavy (non-hydrogen) atoms. The van der Waals surface area contributed by atoms with Gasteiger partial charge in [0.05, 0.1) is 19.6 Å². The highest BCUT2D eigenvalue weighted by Gasteiger charge is 2.47. The summed E-state index contributed by atoms with van der Waals surface area (Å²) in [7, 11) is 1.63. The Kier molecular flexibility index (Phi) is 7.17. The van der Waals surface area contributed by atoms with Crippen molar-refractivity contribution >= 4 is 5.97 Å². The van der Waals surface area contributed by atoms with Crippen molar-refractivity contribution in [2.24, 2.45) is 5.92 Å². The lowest BCUT2D eigenvalue weighted by atomic mass is 9.82. The van der Waals surface area contributed by atoms with Crippen LogP contribution in [0.1, 0.15) is 42.9 Å². The third-order valence-electron chi connectivity index (χ3n) is 6.33. The van der Waals surface area contributed by atoms with Crippen LogP contribution in [-0.4, -0.2) is 56.2 Å². The smallest absolute Gasteiger partial charge is 0.309 e. The van der Waals surface area contributed by atoms with Crippen molar-refractivity contribution in [2.75, 3.05) is 40.2 Å². The van der Waals surface area contributed by atoms with Crippen molar-refractivity contribution in [1.82, 2.24) is 4.90 Å². The van der Waals surface area contributed by atoms with Crippen LogP contribution in [0.2, 0.25) is 0 Å². The SMILES string of the molecule is CCCCOCCN1CC(c2ccc3c(c2)OCO3)[C@H](C(=O)O)[C@H]1c1ccc(OC)cc1. The zero-order valence-electron chi connectivity index (χ0n) is 18.7. The van der Waals surface area contributed by atoms with E-state index in [1.807, 2.05) is 42.5 Å². The van der Waals surface area contributed by atoms with Gasteiger partial charge in [0, 0.05) is 31.7 Å². The number of likely N-dealkylation sites (tertiary alicyclic amines) is 1. The molecule has 172 valence electrons.